The van der Waals surface area contributed by atoms with Crippen LogP contribution in [-0.2, 0) is 6.54 Å². The first-order chi connectivity index (χ1) is 10.3. The molecule has 0 unspecified atom stereocenters. The highest BCUT2D eigenvalue weighted by Gasteiger charge is 2.18. The molecule has 0 saturated carbocycles. The summed E-state index contributed by atoms with van der Waals surface area (Å²) in [6.45, 7) is 3.41. The maximum absolute atomic E-state index is 3.64. The Balaban J connectivity index is 1.47. The van der Waals surface area contributed by atoms with E-state index in [1.807, 2.05) is 0 Å². The van der Waals surface area contributed by atoms with Crippen LogP contribution in [0.1, 0.15) is 18.4 Å². The van der Waals surface area contributed by atoms with Gasteiger partial charge >= 0.3 is 0 Å². The lowest BCUT2D eigenvalue weighted by atomic mass is 10.0. The molecule has 0 atom stereocenters. The molecule has 1 heterocycles. The summed E-state index contributed by atoms with van der Waals surface area (Å²) in [6.07, 6.45) is 2.42. The molecule has 1 aliphatic rings. The maximum Gasteiger partial charge on any atom is 0.0343 e. The number of benzene rings is 2. The van der Waals surface area contributed by atoms with Gasteiger partial charge in [-0.2, -0.15) is 0 Å². The summed E-state index contributed by atoms with van der Waals surface area (Å²) in [4.78, 5) is 2.55. The number of halogens is 1. The van der Waals surface area contributed by atoms with Crippen LogP contribution < -0.4 is 5.32 Å². The van der Waals surface area contributed by atoms with Crippen LogP contribution in [0.2, 0.25) is 0 Å². The molecule has 2 aromatic rings. The maximum atomic E-state index is 3.64. The fourth-order valence-corrected chi connectivity index (χ4v) is 3.12. The van der Waals surface area contributed by atoms with Crippen molar-refractivity contribution in [1.29, 1.82) is 0 Å². The van der Waals surface area contributed by atoms with Gasteiger partial charge in [0.25, 0.3) is 0 Å². The monoisotopic (exact) mass is 344 g/mol. The summed E-state index contributed by atoms with van der Waals surface area (Å²) in [5.74, 6) is 0. The van der Waals surface area contributed by atoms with Crippen molar-refractivity contribution >= 4 is 21.6 Å². The molecule has 0 amide bonds. The summed E-state index contributed by atoms with van der Waals surface area (Å²) in [6, 6.07) is 19.8. The van der Waals surface area contributed by atoms with Gasteiger partial charge in [0.05, 0.1) is 0 Å². The second kappa shape index (κ2) is 7.10. The van der Waals surface area contributed by atoms with Gasteiger partial charge in [-0.3, -0.25) is 4.90 Å². The largest absolute Gasteiger partial charge is 0.382 e. The Bertz CT molecular complexity index is 545. The molecule has 0 aliphatic carbocycles. The topological polar surface area (TPSA) is 15.3 Å². The van der Waals surface area contributed by atoms with Crippen molar-refractivity contribution in [3.8, 4) is 0 Å². The smallest absolute Gasteiger partial charge is 0.0343 e. The quantitative estimate of drug-likeness (QED) is 0.876. The molecule has 0 radical (unpaired) electrons. The summed E-state index contributed by atoms with van der Waals surface area (Å²) in [5, 5.41) is 3.64. The number of nitrogens with one attached hydrogen (secondary N) is 1. The van der Waals surface area contributed by atoms with E-state index in [2.05, 4.69) is 80.7 Å². The molecular formula is C18H21BrN2. The second-order valence-corrected chi connectivity index (χ2v) is 6.60. The standard InChI is InChI=1S/C18H21BrN2/c19-16-6-8-17(9-7-16)20-18-10-12-21(13-11-18)14-15-4-2-1-3-5-15/h1-9,18,20H,10-14H2. The van der Waals surface area contributed by atoms with Gasteiger partial charge in [-0.15, -0.1) is 0 Å². The highest BCUT2D eigenvalue weighted by molar-refractivity contribution is 9.10. The lowest BCUT2D eigenvalue weighted by Crippen LogP contribution is -2.38. The molecule has 1 saturated heterocycles. The van der Waals surface area contributed by atoms with E-state index in [-0.39, 0.29) is 0 Å². The average Bonchev–Trinajstić information content (AvgIpc) is 2.53. The SMILES string of the molecule is Brc1ccc(NC2CCN(Cc3ccccc3)CC2)cc1. The summed E-state index contributed by atoms with van der Waals surface area (Å²) < 4.78 is 1.13. The number of anilines is 1. The number of hydrogen-bond donors (Lipinski definition) is 1. The Labute approximate surface area is 135 Å². The number of nitrogens with zero attached hydrogens (tertiary/aromatic N) is 1. The molecule has 110 valence electrons. The average molecular weight is 345 g/mol. The van der Waals surface area contributed by atoms with E-state index in [9.17, 15) is 0 Å². The first kappa shape index (κ1) is 14.6. The molecular weight excluding hydrogens is 324 g/mol. The van der Waals surface area contributed by atoms with Crippen LogP contribution in [0.4, 0.5) is 5.69 Å². The van der Waals surface area contributed by atoms with Crippen molar-refractivity contribution in [2.75, 3.05) is 18.4 Å². The third kappa shape index (κ3) is 4.32. The fourth-order valence-electron chi connectivity index (χ4n) is 2.86. The van der Waals surface area contributed by atoms with Crippen LogP contribution >= 0.6 is 15.9 Å². The van der Waals surface area contributed by atoms with Crippen molar-refractivity contribution in [2.24, 2.45) is 0 Å². The number of likely N-dealkylation sites (tertiary alicyclic amines) is 1. The normalized spacial score (nSPS) is 16.8. The van der Waals surface area contributed by atoms with Crippen LogP contribution in [0.3, 0.4) is 0 Å². The first-order valence-corrected chi connectivity index (χ1v) is 8.37. The van der Waals surface area contributed by atoms with Crippen molar-refractivity contribution in [2.45, 2.75) is 25.4 Å². The third-order valence-electron chi connectivity index (χ3n) is 4.05. The van der Waals surface area contributed by atoms with Crippen molar-refractivity contribution < 1.29 is 0 Å². The van der Waals surface area contributed by atoms with Crippen molar-refractivity contribution in [1.82, 2.24) is 4.90 Å². The van der Waals surface area contributed by atoms with Gasteiger partial charge in [-0.1, -0.05) is 46.3 Å². The molecule has 0 aromatic heterocycles. The minimum Gasteiger partial charge on any atom is -0.382 e. The van der Waals surface area contributed by atoms with Gasteiger partial charge in [0.15, 0.2) is 0 Å². The molecule has 2 nitrogen and oxygen atoms in total. The van der Waals surface area contributed by atoms with Crippen LogP contribution in [-0.4, -0.2) is 24.0 Å². The van der Waals surface area contributed by atoms with Gasteiger partial charge in [0, 0.05) is 35.8 Å². The molecule has 0 spiro atoms. The lowest BCUT2D eigenvalue weighted by molar-refractivity contribution is 0.211. The van der Waals surface area contributed by atoms with Gasteiger partial charge < -0.3 is 5.32 Å². The predicted octanol–water partition coefficient (Wildman–Crippen LogP) is 4.53. The fraction of sp³-hybridized carbons (Fsp3) is 0.333. The predicted molar refractivity (Wildman–Crippen MR) is 92.5 cm³/mol. The van der Waals surface area contributed by atoms with E-state index >= 15 is 0 Å². The summed E-state index contributed by atoms with van der Waals surface area (Å²) in [5.41, 5.74) is 2.64. The molecule has 3 heteroatoms. The van der Waals surface area contributed by atoms with E-state index < -0.39 is 0 Å². The van der Waals surface area contributed by atoms with E-state index in [4.69, 9.17) is 0 Å². The number of rotatable bonds is 4. The van der Waals surface area contributed by atoms with Gasteiger partial charge in [-0.25, -0.2) is 0 Å². The molecule has 0 bridgehead atoms. The molecule has 21 heavy (non-hydrogen) atoms. The van der Waals surface area contributed by atoms with E-state index in [0.29, 0.717) is 6.04 Å². The highest BCUT2D eigenvalue weighted by Crippen LogP contribution is 2.20. The molecule has 1 aliphatic heterocycles. The summed E-state index contributed by atoms with van der Waals surface area (Å²) in [7, 11) is 0. The zero-order valence-electron chi connectivity index (χ0n) is 12.1. The zero-order valence-corrected chi connectivity index (χ0v) is 13.7. The second-order valence-electron chi connectivity index (χ2n) is 5.69. The van der Waals surface area contributed by atoms with Crippen molar-refractivity contribution in [3.63, 3.8) is 0 Å². The Morgan fingerprint density at radius 2 is 1.62 bits per heavy atom. The molecule has 1 N–H and O–H groups in total. The van der Waals surface area contributed by atoms with Crippen LogP contribution in [0.15, 0.2) is 59.1 Å². The van der Waals surface area contributed by atoms with E-state index in [1.54, 1.807) is 0 Å². The number of hydrogen-bond acceptors (Lipinski definition) is 2. The minimum absolute atomic E-state index is 0.596. The van der Waals surface area contributed by atoms with Crippen LogP contribution in [0, 0.1) is 0 Å². The van der Waals surface area contributed by atoms with Gasteiger partial charge in [0.1, 0.15) is 0 Å². The van der Waals surface area contributed by atoms with Crippen molar-refractivity contribution in [3.05, 3.63) is 64.6 Å². The molecule has 2 aromatic carbocycles. The van der Waals surface area contributed by atoms with Crippen LogP contribution in [0.5, 0.6) is 0 Å². The lowest BCUT2D eigenvalue weighted by Gasteiger charge is -2.32. The molecule has 1 fully saturated rings. The Morgan fingerprint density at radius 1 is 0.952 bits per heavy atom. The van der Waals surface area contributed by atoms with E-state index in [0.717, 1.165) is 11.0 Å². The highest BCUT2D eigenvalue weighted by atomic mass is 79.9. The Hall–Kier alpha value is -1.32. The zero-order chi connectivity index (χ0) is 14.5. The van der Waals surface area contributed by atoms with Gasteiger partial charge in [0.2, 0.25) is 0 Å². The summed E-state index contributed by atoms with van der Waals surface area (Å²) >= 11 is 3.48. The van der Waals surface area contributed by atoms with E-state index in [1.165, 1.54) is 37.2 Å². The third-order valence-corrected chi connectivity index (χ3v) is 4.58. The van der Waals surface area contributed by atoms with Crippen LogP contribution in [0.25, 0.3) is 0 Å². The molecule has 3 rings (SSSR count). The Kier molecular flexibility index (Phi) is 4.94. The minimum atomic E-state index is 0.596. The van der Waals surface area contributed by atoms with Gasteiger partial charge in [-0.05, 0) is 42.7 Å². The number of piperidine rings is 1. The Morgan fingerprint density at radius 3 is 2.29 bits per heavy atom. The first-order valence-electron chi connectivity index (χ1n) is 7.58.